The van der Waals surface area contributed by atoms with Crippen molar-refractivity contribution in [3.8, 4) is 0 Å². The highest BCUT2D eigenvalue weighted by Gasteiger charge is 2.46. The van der Waals surface area contributed by atoms with Gasteiger partial charge in [0.2, 0.25) is 0 Å². The molecule has 1 aliphatic carbocycles. The monoisotopic (exact) mass is 216 g/mol. The Labute approximate surface area is 87.6 Å². The maximum absolute atomic E-state index is 6.08. The molecule has 0 spiro atoms. The van der Waals surface area contributed by atoms with E-state index in [1.807, 2.05) is 12.1 Å². The summed E-state index contributed by atoms with van der Waals surface area (Å²) in [5.74, 6) is 0. The molecule has 0 saturated heterocycles. The highest BCUT2D eigenvalue weighted by Crippen LogP contribution is 2.51. The topological polar surface area (TPSA) is 9.23 Å². The minimum atomic E-state index is -0.151. The second-order valence-corrected chi connectivity index (χ2v) is 4.08. The van der Waals surface area contributed by atoms with Crippen LogP contribution in [0, 0.1) is 0 Å². The molecule has 1 aromatic carbocycles. The minimum Gasteiger partial charge on any atom is -0.373 e. The zero-order valence-electron chi connectivity index (χ0n) is 7.31. The van der Waals surface area contributed by atoms with E-state index in [-0.39, 0.29) is 5.60 Å². The molecule has 0 amide bonds. The molecule has 0 bridgehead atoms. The molecule has 0 aromatic heterocycles. The van der Waals surface area contributed by atoms with E-state index in [0.717, 1.165) is 18.4 Å². The summed E-state index contributed by atoms with van der Waals surface area (Å²) in [6, 6.07) is 5.67. The third kappa shape index (κ3) is 1.45. The second-order valence-electron chi connectivity index (χ2n) is 3.30. The Balaban J connectivity index is 2.46. The maximum Gasteiger partial charge on any atom is 0.0944 e. The minimum absolute atomic E-state index is 0.151. The van der Waals surface area contributed by atoms with E-state index in [1.54, 1.807) is 13.2 Å². The van der Waals surface area contributed by atoms with Crippen molar-refractivity contribution in [2.75, 3.05) is 7.11 Å². The highest BCUT2D eigenvalue weighted by atomic mass is 35.5. The van der Waals surface area contributed by atoms with Gasteiger partial charge in [0.25, 0.3) is 0 Å². The normalized spacial score (nSPS) is 18.7. The smallest absolute Gasteiger partial charge is 0.0944 e. The first-order chi connectivity index (χ1) is 6.19. The molecular formula is C10H10Cl2O. The summed E-state index contributed by atoms with van der Waals surface area (Å²) >= 11 is 12.0. The molecule has 1 aliphatic rings. The average Bonchev–Trinajstić information content (AvgIpc) is 2.90. The number of methoxy groups -OCH3 is 1. The van der Waals surface area contributed by atoms with Crippen molar-refractivity contribution in [2.45, 2.75) is 18.4 Å². The van der Waals surface area contributed by atoms with E-state index in [0.29, 0.717) is 10.0 Å². The molecule has 0 unspecified atom stereocenters. The first-order valence-corrected chi connectivity index (χ1v) is 4.95. The number of benzene rings is 1. The highest BCUT2D eigenvalue weighted by molar-refractivity contribution is 6.42. The van der Waals surface area contributed by atoms with Crippen LogP contribution in [0.4, 0.5) is 0 Å². The Morgan fingerprint density at radius 3 is 2.54 bits per heavy atom. The Kier molecular flexibility index (Phi) is 2.26. The Morgan fingerprint density at radius 2 is 2.00 bits per heavy atom. The van der Waals surface area contributed by atoms with Gasteiger partial charge in [0, 0.05) is 12.7 Å². The van der Waals surface area contributed by atoms with Gasteiger partial charge in [0.1, 0.15) is 0 Å². The van der Waals surface area contributed by atoms with Crippen LogP contribution in [-0.2, 0) is 10.3 Å². The van der Waals surface area contributed by atoms with Crippen LogP contribution < -0.4 is 0 Å². The summed E-state index contributed by atoms with van der Waals surface area (Å²) in [6.07, 6.45) is 2.06. The van der Waals surface area contributed by atoms with Crippen molar-refractivity contribution in [3.05, 3.63) is 33.8 Å². The molecule has 0 radical (unpaired) electrons. The van der Waals surface area contributed by atoms with E-state index < -0.39 is 0 Å². The Bertz CT molecular complexity index is 332. The fraction of sp³-hybridized carbons (Fsp3) is 0.400. The maximum atomic E-state index is 6.08. The molecule has 0 atom stereocenters. The lowest BCUT2D eigenvalue weighted by molar-refractivity contribution is 0.0790. The lowest BCUT2D eigenvalue weighted by Crippen LogP contribution is -2.09. The van der Waals surface area contributed by atoms with Crippen LogP contribution in [0.2, 0.25) is 10.0 Å². The van der Waals surface area contributed by atoms with Gasteiger partial charge < -0.3 is 4.74 Å². The molecule has 13 heavy (non-hydrogen) atoms. The zero-order chi connectivity index (χ0) is 9.47. The molecule has 1 fully saturated rings. The Hall–Kier alpha value is -0.240. The van der Waals surface area contributed by atoms with Crippen LogP contribution in [0.3, 0.4) is 0 Å². The van der Waals surface area contributed by atoms with Crippen molar-refractivity contribution < 1.29 is 4.74 Å². The summed E-state index contributed by atoms with van der Waals surface area (Å²) in [5, 5.41) is 1.23. The van der Waals surface area contributed by atoms with Gasteiger partial charge in [-0.25, -0.2) is 0 Å². The fourth-order valence-corrected chi connectivity index (χ4v) is 2.03. The van der Waals surface area contributed by atoms with Crippen LogP contribution in [0.5, 0.6) is 0 Å². The summed E-state index contributed by atoms with van der Waals surface area (Å²) in [4.78, 5) is 0. The van der Waals surface area contributed by atoms with Gasteiger partial charge in [-0.2, -0.15) is 0 Å². The number of hydrogen-bond donors (Lipinski definition) is 0. The molecule has 1 saturated carbocycles. The van der Waals surface area contributed by atoms with Crippen molar-refractivity contribution in [2.24, 2.45) is 0 Å². The first-order valence-electron chi connectivity index (χ1n) is 4.19. The molecule has 0 N–H and O–H groups in total. The molecule has 3 heteroatoms. The number of rotatable bonds is 2. The zero-order valence-corrected chi connectivity index (χ0v) is 8.82. The third-order valence-corrected chi connectivity index (χ3v) is 3.36. The summed E-state index contributed by atoms with van der Waals surface area (Å²) in [6.45, 7) is 0. The van der Waals surface area contributed by atoms with Crippen LogP contribution >= 0.6 is 23.2 Å². The molecule has 0 heterocycles. The van der Waals surface area contributed by atoms with Gasteiger partial charge in [-0.3, -0.25) is 0 Å². The first kappa shape index (κ1) is 9.32. The van der Waals surface area contributed by atoms with E-state index in [4.69, 9.17) is 27.9 Å². The van der Waals surface area contributed by atoms with Crippen molar-refractivity contribution in [1.82, 2.24) is 0 Å². The van der Waals surface area contributed by atoms with Crippen molar-refractivity contribution in [3.63, 3.8) is 0 Å². The molecule has 2 rings (SSSR count). The lowest BCUT2D eigenvalue weighted by atomic mass is 10.1. The summed E-state index contributed by atoms with van der Waals surface area (Å²) in [7, 11) is 1.71. The molecule has 70 valence electrons. The summed E-state index contributed by atoms with van der Waals surface area (Å²) < 4.78 is 5.43. The van der Waals surface area contributed by atoms with Gasteiger partial charge in [0.15, 0.2) is 0 Å². The fourth-order valence-electron chi connectivity index (χ4n) is 1.55. The van der Waals surface area contributed by atoms with Crippen LogP contribution in [-0.4, -0.2) is 7.11 Å². The van der Waals surface area contributed by atoms with Crippen molar-refractivity contribution >= 4 is 23.2 Å². The van der Waals surface area contributed by atoms with Gasteiger partial charge in [-0.15, -0.1) is 0 Å². The van der Waals surface area contributed by atoms with E-state index in [1.165, 1.54) is 0 Å². The van der Waals surface area contributed by atoms with Crippen LogP contribution in [0.15, 0.2) is 18.2 Å². The van der Waals surface area contributed by atoms with Gasteiger partial charge >= 0.3 is 0 Å². The standard InChI is InChI=1S/C10H10Cl2O/c1-13-10(5-6-10)7-3-2-4-8(11)9(7)12/h2-4H,5-6H2,1H3. The average molecular weight is 217 g/mol. The summed E-state index contributed by atoms with van der Waals surface area (Å²) in [5.41, 5.74) is 0.867. The quantitative estimate of drug-likeness (QED) is 0.734. The van der Waals surface area contributed by atoms with Crippen LogP contribution in [0.25, 0.3) is 0 Å². The van der Waals surface area contributed by atoms with E-state index in [2.05, 4.69) is 0 Å². The Morgan fingerprint density at radius 1 is 1.31 bits per heavy atom. The second kappa shape index (κ2) is 3.16. The van der Waals surface area contributed by atoms with Crippen molar-refractivity contribution in [1.29, 1.82) is 0 Å². The predicted molar refractivity (Wildman–Crippen MR) is 54.4 cm³/mol. The molecule has 0 aliphatic heterocycles. The van der Waals surface area contributed by atoms with Crippen LogP contribution in [0.1, 0.15) is 18.4 Å². The van der Waals surface area contributed by atoms with E-state index >= 15 is 0 Å². The lowest BCUT2D eigenvalue weighted by Gasteiger charge is -2.15. The molecule has 1 nitrogen and oxygen atoms in total. The number of halogens is 2. The number of ether oxygens (including phenoxy) is 1. The van der Waals surface area contributed by atoms with Gasteiger partial charge in [-0.05, 0) is 18.9 Å². The number of hydrogen-bond acceptors (Lipinski definition) is 1. The third-order valence-electron chi connectivity index (χ3n) is 2.54. The van der Waals surface area contributed by atoms with Gasteiger partial charge in [0.05, 0.1) is 15.6 Å². The predicted octanol–water partition coefficient (Wildman–Crippen LogP) is 3.63. The van der Waals surface area contributed by atoms with Gasteiger partial charge in [-0.1, -0.05) is 35.3 Å². The molecule has 1 aromatic rings. The van der Waals surface area contributed by atoms with E-state index in [9.17, 15) is 0 Å². The SMILES string of the molecule is COC1(c2cccc(Cl)c2Cl)CC1. The largest absolute Gasteiger partial charge is 0.373 e. The molecular weight excluding hydrogens is 207 g/mol.